The van der Waals surface area contributed by atoms with Crippen LogP contribution in [0.25, 0.3) is 22.3 Å². The number of ether oxygens (including phenoxy) is 3. The number of amides is 3. The number of fused-ring (bicyclic) bond motifs is 2. The van der Waals surface area contributed by atoms with Gasteiger partial charge in [0.15, 0.2) is 11.7 Å². The fourth-order valence-corrected chi connectivity index (χ4v) is 8.76. The molecule has 3 amide bonds. The van der Waals surface area contributed by atoms with E-state index in [9.17, 15) is 34.2 Å². The fraction of sp³-hybridized carbons (Fsp3) is 0.548. The molecule has 5 N–H and O–H groups in total. The Labute approximate surface area is 347 Å². The topological polar surface area (TPSA) is 219 Å². The summed E-state index contributed by atoms with van der Waals surface area (Å²) in [4.78, 5) is 76.7. The first kappa shape index (κ1) is 43.1. The summed E-state index contributed by atoms with van der Waals surface area (Å²) >= 11 is 1.40. The number of rotatable bonds is 17. The molecule has 1 aromatic carbocycles. The number of thiazole rings is 1. The summed E-state index contributed by atoms with van der Waals surface area (Å²) in [5.41, 5.74) is 0.600. The third kappa shape index (κ3) is 10.4. The first-order valence-corrected chi connectivity index (χ1v) is 20.9. The second-order valence-electron chi connectivity index (χ2n) is 17.0. The first-order chi connectivity index (χ1) is 27.9. The summed E-state index contributed by atoms with van der Waals surface area (Å²) in [6.07, 6.45) is 2.90. The Morgan fingerprint density at radius 1 is 1.00 bits per heavy atom. The van der Waals surface area contributed by atoms with Gasteiger partial charge in [0, 0.05) is 41.3 Å². The van der Waals surface area contributed by atoms with Crippen molar-refractivity contribution in [1.29, 1.82) is 0 Å². The number of nitrogens with zero attached hydrogens (tertiary/aromatic N) is 3. The third-order valence-electron chi connectivity index (χ3n) is 11.0. The largest absolute Gasteiger partial charge is 0.488 e. The van der Waals surface area contributed by atoms with Gasteiger partial charge in [-0.15, -0.1) is 17.9 Å². The smallest absolute Gasteiger partial charge is 0.408 e. The molecule has 0 bridgehead atoms. The molecule has 3 aromatic rings. The van der Waals surface area contributed by atoms with Crippen LogP contribution in [-0.4, -0.2) is 104 Å². The summed E-state index contributed by atoms with van der Waals surface area (Å²) in [5, 5.41) is 31.1. The molecule has 17 heteroatoms. The zero-order valence-electron chi connectivity index (χ0n) is 34.2. The number of carbonyl (C=O) groups excluding carboxylic acids is 3. The summed E-state index contributed by atoms with van der Waals surface area (Å²) in [6, 6.07) is 3.14. The number of benzene rings is 1. The SMILES string of the molecule is C=C[C@H](CC)C(NC(=O)[C@@H]1C[C@@H](Oc2cc(-c3csc(NC(C)C)n3)nc3cc(OCC(=O)O)ccc23)CN1C(=O)[C@@H](NC(=O)O[C@@H]1C[C@@H]2C[C@@H]2C1)C(C)(C)C)C(=O)O. The summed E-state index contributed by atoms with van der Waals surface area (Å²) in [7, 11) is 0. The van der Waals surface area contributed by atoms with Crippen LogP contribution in [0, 0.1) is 23.2 Å². The molecular formula is C42H54N6O10S. The number of carbonyl (C=O) groups is 5. The number of pyridine rings is 1. The molecule has 3 heterocycles. The maximum Gasteiger partial charge on any atom is 0.408 e. The molecule has 59 heavy (non-hydrogen) atoms. The van der Waals surface area contributed by atoms with Gasteiger partial charge in [0.25, 0.3) is 0 Å². The van der Waals surface area contributed by atoms with Crippen molar-refractivity contribution in [1.82, 2.24) is 25.5 Å². The third-order valence-corrected chi connectivity index (χ3v) is 11.8. The first-order valence-electron chi connectivity index (χ1n) is 20.1. The van der Waals surface area contributed by atoms with Crippen LogP contribution >= 0.6 is 11.3 Å². The van der Waals surface area contributed by atoms with Crippen molar-refractivity contribution < 1.29 is 48.4 Å². The van der Waals surface area contributed by atoms with Gasteiger partial charge in [-0.25, -0.2) is 24.4 Å². The predicted molar refractivity (Wildman–Crippen MR) is 220 cm³/mol. The van der Waals surface area contributed by atoms with Crippen LogP contribution in [0.15, 0.2) is 42.3 Å². The van der Waals surface area contributed by atoms with Crippen molar-refractivity contribution in [3.63, 3.8) is 0 Å². The zero-order valence-corrected chi connectivity index (χ0v) is 35.0. The normalized spacial score (nSPS) is 22.5. The molecule has 8 atom stereocenters. The van der Waals surface area contributed by atoms with E-state index in [1.165, 1.54) is 22.3 Å². The van der Waals surface area contributed by atoms with Crippen LogP contribution in [0.1, 0.15) is 73.6 Å². The van der Waals surface area contributed by atoms with Gasteiger partial charge in [0.05, 0.1) is 17.8 Å². The number of aromatic nitrogens is 2. The highest BCUT2D eigenvalue weighted by atomic mass is 32.1. The Hall–Kier alpha value is -5.45. The Balaban J connectivity index is 1.33. The molecule has 6 rings (SSSR count). The van der Waals surface area contributed by atoms with E-state index in [4.69, 9.17) is 24.2 Å². The molecule has 2 aromatic heterocycles. The number of aliphatic carboxylic acids is 2. The Kier molecular flexibility index (Phi) is 13.0. The van der Waals surface area contributed by atoms with Gasteiger partial charge < -0.3 is 45.3 Å². The monoisotopic (exact) mass is 834 g/mol. The van der Waals surface area contributed by atoms with Crippen LogP contribution in [0.3, 0.4) is 0 Å². The molecule has 2 saturated carbocycles. The molecule has 1 aliphatic heterocycles. The van der Waals surface area contributed by atoms with E-state index in [0.717, 1.165) is 19.3 Å². The summed E-state index contributed by atoms with van der Waals surface area (Å²) in [5.74, 6) is -2.42. The van der Waals surface area contributed by atoms with Crippen molar-refractivity contribution in [2.24, 2.45) is 23.2 Å². The number of likely N-dealkylation sites (tertiary alicyclic amines) is 1. The summed E-state index contributed by atoms with van der Waals surface area (Å²) < 4.78 is 17.9. The fourth-order valence-electron chi connectivity index (χ4n) is 7.91. The second-order valence-corrected chi connectivity index (χ2v) is 17.9. The van der Waals surface area contributed by atoms with Crippen molar-refractivity contribution in [3.8, 4) is 22.9 Å². The van der Waals surface area contributed by atoms with E-state index >= 15 is 0 Å². The van der Waals surface area contributed by atoms with E-state index in [-0.39, 0.29) is 30.9 Å². The van der Waals surface area contributed by atoms with Gasteiger partial charge >= 0.3 is 18.0 Å². The van der Waals surface area contributed by atoms with Crippen LogP contribution in [-0.2, 0) is 23.9 Å². The minimum absolute atomic E-state index is 0.0148. The Morgan fingerprint density at radius 2 is 1.73 bits per heavy atom. The minimum atomic E-state index is -1.30. The second kappa shape index (κ2) is 17.8. The van der Waals surface area contributed by atoms with Crippen LogP contribution in [0.2, 0.25) is 0 Å². The van der Waals surface area contributed by atoms with Crippen molar-refractivity contribution >= 4 is 57.2 Å². The maximum atomic E-state index is 14.7. The average Bonchev–Trinajstić information content (AvgIpc) is 3.49. The molecule has 1 saturated heterocycles. The number of hydrogen-bond acceptors (Lipinski definition) is 12. The van der Waals surface area contributed by atoms with Crippen molar-refractivity contribution in [2.75, 3.05) is 18.5 Å². The number of carboxylic acids is 2. The molecule has 16 nitrogen and oxygen atoms in total. The van der Waals surface area contributed by atoms with Gasteiger partial charge in [-0.05, 0) is 68.9 Å². The Morgan fingerprint density at radius 3 is 2.36 bits per heavy atom. The molecular weight excluding hydrogens is 781 g/mol. The maximum absolute atomic E-state index is 14.7. The highest BCUT2D eigenvalue weighted by Gasteiger charge is 2.49. The lowest BCUT2D eigenvalue weighted by Gasteiger charge is -2.35. The lowest BCUT2D eigenvalue weighted by Crippen LogP contribution is -2.59. The quantitative estimate of drug-likeness (QED) is 0.103. The van der Waals surface area contributed by atoms with Crippen LogP contribution in [0.4, 0.5) is 9.93 Å². The molecule has 1 unspecified atom stereocenters. The number of carboxylic acid groups (broad SMARTS) is 2. The van der Waals surface area contributed by atoms with Gasteiger partial charge in [0.2, 0.25) is 11.8 Å². The average molecular weight is 835 g/mol. The van der Waals surface area contributed by atoms with E-state index in [2.05, 4.69) is 22.5 Å². The molecule has 0 spiro atoms. The molecule has 3 aliphatic rings. The summed E-state index contributed by atoms with van der Waals surface area (Å²) in [6.45, 7) is 14.3. The minimum Gasteiger partial charge on any atom is -0.488 e. The van der Waals surface area contributed by atoms with Gasteiger partial charge in [0.1, 0.15) is 47.5 Å². The van der Waals surface area contributed by atoms with Crippen molar-refractivity contribution in [2.45, 2.75) is 110 Å². The van der Waals surface area contributed by atoms with Gasteiger partial charge in [-0.2, -0.15) is 0 Å². The van der Waals surface area contributed by atoms with Gasteiger partial charge in [-0.3, -0.25) is 9.59 Å². The highest BCUT2D eigenvalue weighted by molar-refractivity contribution is 7.14. The van der Waals surface area contributed by atoms with E-state index in [1.54, 1.807) is 52.0 Å². The number of hydrogen-bond donors (Lipinski definition) is 5. The zero-order chi connectivity index (χ0) is 42.8. The number of nitrogens with one attached hydrogen (secondary N) is 3. The van der Waals surface area contributed by atoms with E-state index < -0.39 is 72.0 Å². The standard InChI is InChI=1S/C42H54N6O10S/c1-8-22(9-2)35(39(53)54)46-37(51)32-16-27(18-48(32)38(52)36(42(5,6)7)47-41(55)58-26-13-23-12-24(23)14-26)57-33-17-30(31-20-59-40(45-31)43-21(3)4)44-29-15-25(10-11-28(29)33)56-19-34(49)50/h8,10-11,15,17,20-24,26-27,32,35-36H,1,9,12-14,16,18-19H2,2-7H3,(H,43,45)(H,46,51)(H,47,55)(H,49,50)(H,53,54)/t22-,23-,24+,26+,27-,32+,35?,36-/m1/s1. The van der Waals surface area contributed by atoms with Crippen molar-refractivity contribution in [3.05, 3.63) is 42.3 Å². The highest BCUT2D eigenvalue weighted by Crippen LogP contribution is 2.52. The number of anilines is 1. The molecule has 318 valence electrons. The molecule has 0 radical (unpaired) electrons. The van der Waals surface area contributed by atoms with E-state index in [1.807, 2.05) is 19.2 Å². The van der Waals surface area contributed by atoms with E-state index in [0.29, 0.717) is 51.4 Å². The van der Waals surface area contributed by atoms with Crippen LogP contribution < -0.4 is 25.4 Å². The predicted octanol–water partition coefficient (Wildman–Crippen LogP) is 5.71. The number of alkyl carbamates (subject to hydrolysis) is 1. The Bertz CT molecular complexity index is 2070. The molecule has 2 aliphatic carbocycles. The van der Waals surface area contributed by atoms with Crippen LogP contribution in [0.5, 0.6) is 11.5 Å². The van der Waals surface area contributed by atoms with Gasteiger partial charge in [-0.1, -0.05) is 33.8 Å². The molecule has 3 fully saturated rings. The lowest BCUT2D eigenvalue weighted by molar-refractivity contribution is -0.146. The lowest BCUT2D eigenvalue weighted by atomic mass is 9.85.